The second-order valence-corrected chi connectivity index (χ2v) is 8.60. The van der Waals surface area contributed by atoms with Crippen LogP contribution >= 0.6 is 46.2 Å². The summed E-state index contributed by atoms with van der Waals surface area (Å²) >= 11 is 9.91. The highest BCUT2D eigenvalue weighted by atomic mass is 127. The van der Waals surface area contributed by atoms with E-state index in [9.17, 15) is 9.18 Å². The monoisotopic (exact) mass is 480 g/mol. The predicted molar refractivity (Wildman–Crippen MR) is 104 cm³/mol. The van der Waals surface area contributed by atoms with Crippen molar-refractivity contribution in [2.75, 3.05) is 37.3 Å². The Bertz CT molecular complexity index is 921. The molecule has 1 aromatic heterocycles. The van der Waals surface area contributed by atoms with Crippen molar-refractivity contribution in [1.82, 2.24) is 12.7 Å². The molecule has 0 aliphatic carbocycles. The number of aromatic nitrogens is 2. The van der Waals surface area contributed by atoms with Crippen LogP contribution in [-0.2, 0) is 0 Å². The Hall–Kier alpha value is -0.580. The van der Waals surface area contributed by atoms with E-state index in [1.54, 1.807) is 18.7 Å². The number of halogens is 3. The third-order valence-electron chi connectivity index (χ3n) is 4.70. The zero-order valence-corrected chi connectivity index (χ0v) is 16.9. The molecule has 2 aliphatic rings. The lowest BCUT2D eigenvalue weighted by molar-refractivity contribution is 0.277. The van der Waals surface area contributed by atoms with Gasteiger partial charge >= 0.3 is 5.69 Å². The summed E-state index contributed by atoms with van der Waals surface area (Å²) in [5, 5.41) is 1.09. The van der Waals surface area contributed by atoms with Crippen molar-refractivity contribution in [1.29, 1.82) is 0 Å². The first kappa shape index (κ1) is 16.9. The Morgan fingerprint density at radius 1 is 1.42 bits per heavy atom. The molecule has 2 aliphatic heterocycles. The van der Waals surface area contributed by atoms with Crippen molar-refractivity contribution >= 4 is 62.9 Å². The van der Waals surface area contributed by atoms with Crippen molar-refractivity contribution in [3.8, 4) is 0 Å². The minimum Gasteiger partial charge on any atom is -0.349 e. The average Bonchev–Trinajstić information content (AvgIpc) is 2.70. The Balaban J connectivity index is 2.11. The van der Waals surface area contributed by atoms with Crippen molar-refractivity contribution < 1.29 is 4.39 Å². The van der Waals surface area contributed by atoms with Gasteiger partial charge in [0, 0.05) is 35.8 Å². The lowest BCUT2D eigenvalue weighted by Gasteiger charge is -2.39. The first-order valence-corrected chi connectivity index (χ1v) is 9.91. The van der Waals surface area contributed by atoms with E-state index in [1.807, 2.05) is 22.9 Å². The third-order valence-corrected chi connectivity index (χ3v) is 7.42. The van der Waals surface area contributed by atoms with E-state index >= 15 is 0 Å². The number of anilines is 1. The Kier molecular flexibility index (Phi) is 4.21. The molecule has 0 bridgehead atoms. The molecule has 1 saturated heterocycles. The number of benzene rings is 1. The van der Waals surface area contributed by atoms with Crippen LogP contribution in [0.25, 0.3) is 10.9 Å². The summed E-state index contributed by atoms with van der Waals surface area (Å²) in [6, 6.07) is 0.223. The molecule has 24 heavy (non-hydrogen) atoms. The number of likely N-dealkylation sites (N-methyl/N-ethyl adjacent to an activating group) is 1. The van der Waals surface area contributed by atoms with Gasteiger partial charge in [0.1, 0.15) is 11.3 Å². The fourth-order valence-corrected chi connectivity index (χ4v) is 5.56. The van der Waals surface area contributed by atoms with Gasteiger partial charge in [-0.05, 0) is 14.0 Å². The minimum atomic E-state index is -0.450. The second-order valence-electron chi connectivity index (χ2n) is 6.22. The molecule has 0 saturated carbocycles. The molecular weight excluding hydrogens is 466 g/mol. The molecule has 1 unspecified atom stereocenters. The molecule has 0 N–H and O–H groups in total. The standard InChI is InChI=1S/C15H15ClFIN4OS/c1-7-10(16)13-9-12(11(7)17)22(18)15(23)19-14(9)21-4-3-20(2)5-8(21)6-24-13/h8H,3-6H2,1-2H3. The van der Waals surface area contributed by atoms with E-state index < -0.39 is 11.5 Å². The maximum atomic E-state index is 14.9. The number of piperazine rings is 1. The molecule has 0 amide bonds. The van der Waals surface area contributed by atoms with Crippen LogP contribution in [0, 0.1) is 12.7 Å². The topological polar surface area (TPSA) is 41.4 Å². The van der Waals surface area contributed by atoms with Gasteiger partial charge in [0.2, 0.25) is 0 Å². The van der Waals surface area contributed by atoms with Crippen LogP contribution in [0.15, 0.2) is 9.69 Å². The molecule has 2 aromatic rings. The molecule has 9 heteroatoms. The number of rotatable bonds is 0. The Morgan fingerprint density at radius 2 is 2.17 bits per heavy atom. The van der Waals surface area contributed by atoms with Gasteiger partial charge in [0.25, 0.3) is 0 Å². The summed E-state index contributed by atoms with van der Waals surface area (Å²) in [5.41, 5.74) is 0.217. The van der Waals surface area contributed by atoms with Crippen LogP contribution < -0.4 is 10.6 Å². The maximum Gasteiger partial charge on any atom is 0.359 e. The number of thioether (sulfide) groups is 1. The number of fused-ring (bicyclic) bond motifs is 2. The zero-order valence-electron chi connectivity index (χ0n) is 13.1. The third kappa shape index (κ3) is 2.37. The van der Waals surface area contributed by atoms with Crippen LogP contribution in [0.4, 0.5) is 10.2 Å². The summed E-state index contributed by atoms with van der Waals surface area (Å²) in [6.45, 7) is 4.19. The van der Waals surface area contributed by atoms with Crippen LogP contribution in [0.2, 0.25) is 5.02 Å². The van der Waals surface area contributed by atoms with Gasteiger partial charge in [-0.25, -0.2) is 12.0 Å². The largest absolute Gasteiger partial charge is 0.359 e. The SMILES string of the molecule is Cc1c(Cl)c2c3c(nc(=O)n(I)c3c1F)N1CCN(C)CC1CS2. The van der Waals surface area contributed by atoms with Crippen LogP contribution in [0.5, 0.6) is 0 Å². The molecule has 0 spiro atoms. The predicted octanol–water partition coefficient (Wildman–Crippen LogP) is 2.92. The summed E-state index contributed by atoms with van der Waals surface area (Å²) in [5.74, 6) is 0.958. The summed E-state index contributed by atoms with van der Waals surface area (Å²) < 4.78 is 16.2. The zero-order chi connectivity index (χ0) is 17.2. The van der Waals surface area contributed by atoms with Crippen molar-refractivity contribution in [3.63, 3.8) is 0 Å². The summed E-state index contributed by atoms with van der Waals surface area (Å²) in [6.07, 6.45) is 0. The molecule has 5 nitrogen and oxygen atoms in total. The molecule has 4 rings (SSSR count). The van der Waals surface area contributed by atoms with Crippen molar-refractivity contribution in [3.05, 3.63) is 26.9 Å². The second kappa shape index (κ2) is 6.00. The van der Waals surface area contributed by atoms with Gasteiger partial charge < -0.3 is 9.80 Å². The van der Waals surface area contributed by atoms with Crippen LogP contribution in [0.3, 0.4) is 0 Å². The van der Waals surface area contributed by atoms with E-state index in [2.05, 4.69) is 21.8 Å². The van der Waals surface area contributed by atoms with Gasteiger partial charge in [0.05, 0.1) is 39.3 Å². The fraction of sp³-hybridized carbons (Fsp3) is 0.467. The molecule has 0 radical (unpaired) electrons. The first-order chi connectivity index (χ1) is 11.4. The van der Waals surface area contributed by atoms with E-state index in [-0.39, 0.29) is 11.6 Å². The van der Waals surface area contributed by atoms with E-state index in [0.717, 1.165) is 30.3 Å². The molecule has 1 aromatic carbocycles. The number of nitrogens with zero attached hydrogens (tertiary/aromatic N) is 4. The average molecular weight is 481 g/mol. The lowest BCUT2D eigenvalue weighted by atomic mass is 10.1. The highest BCUT2D eigenvalue weighted by Crippen LogP contribution is 2.45. The molecule has 1 fully saturated rings. The number of hydrogen-bond donors (Lipinski definition) is 0. The molecule has 1 atom stereocenters. The van der Waals surface area contributed by atoms with Crippen LogP contribution in [-0.4, -0.2) is 51.1 Å². The van der Waals surface area contributed by atoms with Gasteiger partial charge in [-0.1, -0.05) is 11.6 Å². The Morgan fingerprint density at radius 3 is 2.92 bits per heavy atom. The normalized spacial score (nSPS) is 21.0. The quantitative estimate of drug-likeness (QED) is 0.543. The van der Waals surface area contributed by atoms with Gasteiger partial charge in [0.15, 0.2) is 5.82 Å². The maximum absolute atomic E-state index is 14.9. The molecule has 3 heterocycles. The smallest absolute Gasteiger partial charge is 0.349 e. The molecular formula is C15H15ClFIN4OS. The summed E-state index contributed by atoms with van der Waals surface area (Å²) in [7, 11) is 2.09. The van der Waals surface area contributed by atoms with E-state index in [4.69, 9.17) is 11.6 Å². The van der Waals surface area contributed by atoms with Crippen molar-refractivity contribution in [2.45, 2.75) is 17.9 Å². The minimum absolute atomic E-state index is 0.223. The fourth-order valence-electron chi connectivity index (χ4n) is 3.40. The van der Waals surface area contributed by atoms with Crippen LogP contribution in [0.1, 0.15) is 5.56 Å². The first-order valence-electron chi connectivity index (χ1n) is 7.58. The number of hydrogen-bond acceptors (Lipinski definition) is 5. The Labute approximate surface area is 161 Å². The van der Waals surface area contributed by atoms with E-state index in [0.29, 0.717) is 21.8 Å². The van der Waals surface area contributed by atoms with Crippen molar-refractivity contribution in [2.24, 2.45) is 0 Å². The van der Waals surface area contributed by atoms with Gasteiger partial charge in [-0.2, -0.15) is 4.98 Å². The lowest BCUT2D eigenvalue weighted by Crippen LogP contribution is -2.53. The summed E-state index contributed by atoms with van der Waals surface area (Å²) in [4.78, 5) is 21.9. The molecule has 128 valence electrons. The highest BCUT2D eigenvalue weighted by Gasteiger charge is 2.34. The van der Waals surface area contributed by atoms with E-state index in [1.165, 1.54) is 2.78 Å². The highest BCUT2D eigenvalue weighted by molar-refractivity contribution is 14.1. The van der Waals surface area contributed by atoms with Gasteiger partial charge in [-0.3, -0.25) is 0 Å². The van der Waals surface area contributed by atoms with Gasteiger partial charge in [-0.15, -0.1) is 11.8 Å².